The van der Waals surface area contributed by atoms with Gasteiger partial charge in [-0.05, 0) is 20.5 Å². The zero-order chi connectivity index (χ0) is 22.9. The molecule has 2 atom stereocenters. The van der Waals surface area contributed by atoms with Gasteiger partial charge in [0.2, 0.25) is 5.91 Å². The number of imidazole rings is 1. The molecule has 1 N–H and O–H groups in total. The Morgan fingerprint density at radius 2 is 1.93 bits per heavy atom. The van der Waals surface area contributed by atoms with E-state index >= 15 is 0 Å². The van der Waals surface area contributed by atoms with Crippen molar-refractivity contribution in [2.45, 2.75) is 36.1 Å². The Kier molecular flexibility index (Phi) is 7.14. The van der Waals surface area contributed by atoms with Crippen molar-refractivity contribution in [2.75, 3.05) is 33.7 Å². The van der Waals surface area contributed by atoms with Crippen LogP contribution >= 0.6 is 0 Å². The molecule has 14 heteroatoms. The number of aliphatic carboxylic acids is 1. The fraction of sp³-hybridized carbons (Fsp3) is 0.688. The first-order chi connectivity index (χ1) is 13.7. The third-order valence-electron chi connectivity index (χ3n) is 4.85. The van der Waals surface area contributed by atoms with Gasteiger partial charge < -0.3 is 19.5 Å². The van der Waals surface area contributed by atoms with Crippen molar-refractivity contribution >= 4 is 21.9 Å². The number of carboxylic acid groups (broad SMARTS) is 1. The number of likely N-dealkylation sites (tertiary alicyclic amines) is 1. The molecule has 10 nitrogen and oxygen atoms in total. The number of fused-ring (bicyclic) bond motifs is 1. The molecule has 1 aromatic heterocycles. The number of halogens is 3. The van der Waals surface area contributed by atoms with Crippen molar-refractivity contribution in [3.05, 3.63) is 12.5 Å². The minimum Gasteiger partial charge on any atom is -0.475 e. The van der Waals surface area contributed by atoms with Crippen LogP contribution in [-0.2, 0) is 26.7 Å². The molecule has 0 bridgehead atoms. The van der Waals surface area contributed by atoms with Crippen LogP contribution in [0.25, 0.3) is 0 Å². The molecule has 30 heavy (non-hydrogen) atoms. The molecule has 1 amide bonds. The molecule has 0 spiro atoms. The average Bonchev–Trinajstić information content (AvgIpc) is 3.28. The first-order valence-electron chi connectivity index (χ1n) is 8.99. The van der Waals surface area contributed by atoms with Crippen LogP contribution in [0.1, 0.15) is 12.8 Å². The standard InChI is InChI=1S/C14H23N5O3S.C2HF3O2/c1-16(2)6-7-18-11-4-5-19(12(11)8-14(18)20)23(21,22)13-9-17(3)10-15-13;3-2(4,5)1(6)7/h9-12H,4-8H2,1-3H3;(H,6,7)/t11-,12+;/m0./s1. The summed E-state index contributed by atoms with van der Waals surface area (Å²) in [7, 11) is 2.02. The van der Waals surface area contributed by atoms with Crippen LogP contribution in [-0.4, -0.2) is 101 Å². The van der Waals surface area contributed by atoms with Gasteiger partial charge >= 0.3 is 12.1 Å². The van der Waals surface area contributed by atoms with E-state index in [4.69, 9.17) is 9.90 Å². The minimum absolute atomic E-state index is 0.0130. The van der Waals surface area contributed by atoms with Crippen molar-refractivity contribution in [1.82, 2.24) is 23.7 Å². The molecule has 0 radical (unpaired) electrons. The number of alkyl halides is 3. The lowest BCUT2D eigenvalue weighted by Crippen LogP contribution is -2.41. The second kappa shape index (κ2) is 8.89. The number of hydrogen-bond acceptors (Lipinski definition) is 6. The number of nitrogens with zero attached hydrogens (tertiary/aromatic N) is 5. The van der Waals surface area contributed by atoms with E-state index in [1.54, 1.807) is 11.6 Å². The van der Waals surface area contributed by atoms with Crippen molar-refractivity contribution in [1.29, 1.82) is 0 Å². The molecule has 0 saturated carbocycles. The molecule has 2 aliphatic heterocycles. The van der Waals surface area contributed by atoms with Gasteiger partial charge in [-0.25, -0.2) is 18.2 Å². The molecular weight excluding hydrogens is 431 g/mol. The third-order valence-corrected chi connectivity index (χ3v) is 6.66. The number of sulfonamides is 1. The molecule has 0 unspecified atom stereocenters. The summed E-state index contributed by atoms with van der Waals surface area (Å²) in [6.45, 7) is 1.87. The van der Waals surface area contributed by atoms with E-state index in [0.29, 0.717) is 19.5 Å². The number of carbonyl (C=O) groups excluding carboxylic acids is 1. The molecular formula is C16H24F3N5O5S. The second-order valence-electron chi connectivity index (χ2n) is 7.31. The molecule has 0 aliphatic carbocycles. The Bertz CT molecular complexity index is 886. The fourth-order valence-electron chi connectivity index (χ4n) is 3.43. The summed E-state index contributed by atoms with van der Waals surface area (Å²) in [5.74, 6) is -2.71. The predicted octanol–water partition coefficient (Wildman–Crippen LogP) is -0.0211. The number of rotatable bonds is 5. The highest BCUT2D eigenvalue weighted by atomic mass is 32.2. The number of aromatic nitrogens is 2. The topological polar surface area (TPSA) is 116 Å². The van der Waals surface area contributed by atoms with E-state index in [2.05, 4.69) is 4.98 Å². The molecule has 2 fully saturated rings. The van der Waals surface area contributed by atoms with Crippen molar-refractivity contribution < 1.29 is 36.3 Å². The van der Waals surface area contributed by atoms with Gasteiger partial charge in [0, 0.05) is 39.3 Å². The highest BCUT2D eigenvalue weighted by Crippen LogP contribution is 2.35. The molecule has 2 aliphatic rings. The predicted molar refractivity (Wildman–Crippen MR) is 97.9 cm³/mol. The maximum absolute atomic E-state index is 12.8. The normalized spacial score (nSPS) is 22.2. The summed E-state index contributed by atoms with van der Waals surface area (Å²) in [5, 5.41) is 7.18. The van der Waals surface area contributed by atoms with Crippen LogP contribution in [0.2, 0.25) is 0 Å². The Morgan fingerprint density at radius 3 is 2.40 bits per heavy atom. The summed E-state index contributed by atoms with van der Waals surface area (Å²) < 4.78 is 60.4. The van der Waals surface area contributed by atoms with E-state index in [1.165, 1.54) is 16.8 Å². The maximum atomic E-state index is 12.8. The number of aryl methyl sites for hydroxylation is 1. The first kappa shape index (κ1) is 24.1. The number of hydrogen-bond donors (Lipinski definition) is 1. The van der Waals surface area contributed by atoms with Gasteiger partial charge in [0.25, 0.3) is 10.0 Å². The Hall–Kier alpha value is -2.19. The maximum Gasteiger partial charge on any atom is 0.490 e. The Morgan fingerprint density at radius 1 is 1.33 bits per heavy atom. The summed E-state index contributed by atoms with van der Waals surface area (Å²) >= 11 is 0. The van der Waals surface area contributed by atoms with Crippen LogP contribution in [0.5, 0.6) is 0 Å². The minimum atomic E-state index is -5.08. The highest BCUT2D eigenvalue weighted by Gasteiger charge is 2.51. The van der Waals surface area contributed by atoms with E-state index in [9.17, 15) is 26.4 Å². The lowest BCUT2D eigenvalue weighted by Gasteiger charge is -2.26. The van der Waals surface area contributed by atoms with Crippen molar-refractivity contribution in [2.24, 2.45) is 7.05 Å². The van der Waals surface area contributed by atoms with Crippen LogP contribution in [0.15, 0.2) is 17.6 Å². The van der Waals surface area contributed by atoms with Gasteiger partial charge in [-0.15, -0.1) is 0 Å². The zero-order valence-corrected chi connectivity index (χ0v) is 17.5. The Labute approximate surface area is 171 Å². The molecule has 2 saturated heterocycles. The van der Waals surface area contributed by atoms with Gasteiger partial charge in [0.1, 0.15) is 0 Å². The van der Waals surface area contributed by atoms with Crippen LogP contribution < -0.4 is 0 Å². The van der Waals surface area contributed by atoms with Gasteiger partial charge in [0.05, 0.1) is 18.4 Å². The SMILES string of the molecule is CN(C)CCN1C(=O)C[C@@H]2[C@@H]1CCN2S(=O)(=O)c1cn(C)cn1.O=C(O)C(F)(F)F. The molecule has 170 valence electrons. The van der Waals surface area contributed by atoms with E-state index < -0.39 is 22.2 Å². The van der Waals surface area contributed by atoms with Crippen LogP contribution in [0.4, 0.5) is 13.2 Å². The first-order valence-corrected chi connectivity index (χ1v) is 10.4. The average molecular weight is 455 g/mol. The molecule has 3 heterocycles. The summed E-state index contributed by atoms with van der Waals surface area (Å²) in [4.78, 5) is 29.0. The van der Waals surface area contributed by atoms with Gasteiger partial charge in [-0.1, -0.05) is 0 Å². The number of carboxylic acids is 1. The van der Waals surface area contributed by atoms with E-state index in [0.717, 1.165) is 6.54 Å². The van der Waals surface area contributed by atoms with Gasteiger partial charge in [-0.2, -0.15) is 17.5 Å². The van der Waals surface area contributed by atoms with Crippen molar-refractivity contribution in [3.8, 4) is 0 Å². The van der Waals surface area contributed by atoms with Crippen LogP contribution in [0, 0.1) is 0 Å². The number of amides is 1. The lowest BCUT2D eigenvalue weighted by molar-refractivity contribution is -0.192. The van der Waals surface area contributed by atoms with E-state index in [1.807, 2.05) is 23.9 Å². The summed E-state index contributed by atoms with van der Waals surface area (Å²) in [6, 6.07) is -0.280. The molecule has 1 aromatic rings. The molecule has 0 aromatic carbocycles. The smallest absolute Gasteiger partial charge is 0.475 e. The summed E-state index contributed by atoms with van der Waals surface area (Å²) in [5.41, 5.74) is 0. The zero-order valence-electron chi connectivity index (χ0n) is 16.7. The quantitative estimate of drug-likeness (QED) is 0.663. The van der Waals surface area contributed by atoms with Gasteiger partial charge in [0.15, 0.2) is 5.03 Å². The lowest BCUT2D eigenvalue weighted by atomic mass is 10.1. The second-order valence-corrected chi connectivity index (χ2v) is 9.15. The summed E-state index contributed by atoms with van der Waals surface area (Å²) in [6.07, 6.45) is -1.15. The monoisotopic (exact) mass is 455 g/mol. The largest absolute Gasteiger partial charge is 0.490 e. The van der Waals surface area contributed by atoms with Crippen molar-refractivity contribution in [3.63, 3.8) is 0 Å². The number of likely N-dealkylation sites (N-methyl/N-ethyl adjacent to an activating group) is 1. The number of carbonyl (C=O) groups is 2. The Balaban J connectivity index is 0.000000396. The van der Waals surface area contributed by atoms with E-state index in [-0.39, 0.29) is 29.4 Å². The fourth-order valence-corrected chi connectivity index (χ4v) is 5.07. The highest BCUT2D eigenvalue weighted by molar-refractivity contribution is 7.89. The van der Waals surface area contributed by atoms with Crippen LogP contribution in [0.3, 0.4) is 0 Å². The van der Waals surface area contributed by atoms with Gasteiger partial charge in [-0.3, -0.25) is 4.79 Å². The third kappa shape index (κ3) is 5.29. The molecule has 3 rings (SSSR count).